The number of likely N-dealkylation sites (N-methyl/N-ethyl adjacent to an activating group) is 1. The van der Waals surface area contributed by atoms with E-state index in [4.69, 9.17) is 5.73 Å². The van der Waals surface area contributed by atoms with Crippen LogP contribution in [-0.4, -0.2) is 72.3 Å². The topological polar surface area (TPSA) is 104 Å². The molecule has 8 heteroatoms. The number of nitrogens with zero attached hydrogens (tertiary/aromatic N) is 4. The van der Waals surface area contributed by atoms with E-state index in [-0.39, 0.29) is 24.3 Å². The molecule has 3 N–H and O–H groups in total. The van der Waals surface area contributed by atoms with Crippen molar-refractivity contribution in [3.05, 3.63) is 30.1 Å². The van der Waals surface area contributed by atoms with E-state index in [1.54, 1.807) is 18.1 Å². The molecule has 1 aliphatic heterocycles. The van der Waals surface area contributed by atoms with Crippen molar-refractivity contribution in [2.24, 2.45) is 16.6 Å². The third-order valence-corrected chi connectivity index (χ3v) is 4.86. The minimum Gasteiger partial charge on any atom is -0.370 e. The average Bonchev–Trinajstić information content (AvgIpc) is 2.69. The minimum atomic E-state index is -0.265. The van der Waals surface area contributed by atoms with Crippen LogP contribution < -0.4 is 11.1 Å². The van der Waals surface area contributed by atoms with Gasteiger partial charge in [-0.25, -0.2) is 4.99 Å². The fraction of sp³-hybridized carbons (Fsp3) is 0.600. The van der Waals surface area contributed by atoms with Crippen LogP contribution in [-0.2, 0) is 16.0 Å². The first-order valence-electron chi connectivity index (χ1n) is 9.95. The molecule has 1 fully saturated rings. The average molecular weight is 389 g/mol. The van der Waals surface area contributed by atoms with E-state index in [0.717, 1.165) is 44.1 Å². The lowest BCUT2D eigenvalue weighted by Crippen LogP contribution is -2.47. The highest BCUT2D eigenvalue weighted by molar-refractivity contribution is 5.85. The normalized spacial score (nSPS) is 17.3. The molecule has 154 valence electrons. The van der Waals surface area contributed by atoms with Crippen LogP contribution in [0.1, 0.15) is 31.9 Å². The molecule has 28 heavy (non-hydrogen) atoms. The number of hydrogen-bond acceptors (Lipinski definition) is 4. The second kappa shape index (κ2) is 11.3. The molecule has 0 spiro atoms. The first-order valence-corrected chi connectivity index (χ1v) is 9.95. The SMILES string of the molecule is CCNC(=NCC(=O)N(C)CCc1ccccn1)N1CCCC(CC(N)=O)C1. The molecule has 1 aliphatic rings. The van der Waals surface area contributed by atoms with Crippen molar-refractivity contribution < 1.29 is 9.59 Å². The molecule has 2 rings (SSSR count). The summed E-state index contributed by atoms with van der Waals surface area (Å²) in [7, 11) is 1.79. The molecule has 1 unspecified atom stereocenters. The summed E-state index contributed by atoms with van der Waals surface area (Å²) in [5.74, 6) is 0.672. The Balaban J connectivity index is 1.89. The van der Waals surface area contributed by atoms with Crippen LogP contribution in [0, 0.1) is 5.92 Å². The Morgan fingerprint density at radius 2 is 2.25 bits per heavy atom. The second-order valence-corrected chi connectivity index (χ2v) is 7.18. The zero-order valence-electron chi connectivity index (χ0n) is 16.9. The number of aliphatic imine (C=N–C) groups is 1. The molecule has 0 aromatic carbocycles. The number of guanidine groups is 1. The molecular formula is C20H32N6O2. The van der Waals surface area contributed by atoms with Crippen molar-refractivity contribution in [3.8, 4) is 0 Å². The Kier molecular flexibility index (Phi) is 8.71. The highest BCUT2D eigenvalue weighted by atomic mass is 16.2. The van der Waals surface area contributed by atoms with Gasteiger partial charge in [-0.1, -0.05) is 6.07 Å². The molecule has 8 nitrogen and oxygen atoms in total. The quantitative estimate of drug-likeness (QED) is 0.502. The predicted octanol–water partition coefficient (Wildman–Crippen LogP) is 0.635. The van der Waals surface area contributed by atoms with Gasteiger partial charge >= 0.3 is 0 Å². The third kappa shape index (κ3) is 7.17. The summed E-state index contributed by atoms with van der Waals surface area (Å²) in [6.45, 7) is 5.02. The van der Waals surface area contributed by atoms with Gasteiger partial charge in [-0.2, -0.15) is 0 Å². The monoisotopic (exact) mass is 388 g/mol. The minimum absolute atomic E-state index is 0.0305. The van der Waals surface area contributed by atoms with Gasteiger partial charge in [-0.15, -0.1) is 0 Å². The van der Waals surface area contributed by atoms with E-state index in [1.165, 1.54) is 0 Å². The van der Waals surface area contributed by atoms with E-state index < -0.39 is 0 Å². The van der Waals surface area contributed by atoms with E-state index in [2.05, 4.69) is 20.2 Å². The second-order valence-electron chi connectivity index (χ2n) is 7.18. The molecule has 0 aliphatic carbocycles. The predicted molar refractivity (Wildman–Crippen MR) is 110 cm³/mol. The number of nitrogens with two attached hydrogens (primary N) is 1. The smallest absolute Gasteiger partial charge is 0.244 e. The molecule has 0 saturated carbocycles. The van der Waals surface area contributed by atoms with Crippen LogP contribution in [0.4, 0.5) is 0 Å². The molecule has 0 radical (unpaired) electrons. The van der Waals surface area contributed by atoms with Gasteiger partial charge in [-0.05, 0) is 37.8 Å². The highest BCUT2D eigenvalue weighted by Crippen LogP contribution is 2.19. The van der Waals surface area contributed by atoms with Gasteiger partial charge in [0.1, 0.15) is 6.54 Å². The highest BCUT2D eigenvalue weighted by Gasteiger charge is 2.23. The standard InChI is InChI=1S/C20H32N6O2/c1-3-22-20(26-11-6-7-16(15-26)13-18(21)27)24-14-19(28)25(2)12-9-17-8-4-5-10-23-17/h4-5,8,10,16H,3,6-7,9,11-15H2,1-2H3,(H2,21,27)(H,22,24). The van der Waals surface area contributed by atoms with Gasteiger partial charge in [0, 0.05) is 58.0 Å². The van der Waals surface area contributed by atoms with Gasteiger partial charge in [0.2, 0.25) is 11.8 Å². The van der Waals surface area contributed by atoms with Crippen molar-refractivity contribution in [2.75, 3.05) is 39.8 Å². The fourth-order valence-electron chi connectivity index (χ4n) is 3.35. The van der Waals surface area contributed by atoms with E-state index >= 15 is 0 Å². The Hall–Kier alpha value is -2.64. The number of pyridine rings is 1. The molecule has 1 saturated heterocycles. The molecule has 2 heterocycles. The van der Waals surface area contributed by atoms with Crippen molar-refractivity contribution in [2.45, 2.75) is 32.6 Å². The van der Waals surface area contributed by atoms with Crippen LogP contribution >= 0.6 is 0 Å². The van der Waals surface area contributed by atoms with Crippen molar-refractivity contribution in [1.82, 2.24) is 20.1 Å². The Morgan fingerprint density at radius 1 is 1.43 bits per heavy atom. The van der Waals surface area contributed by atoms with Crippen LogP contribution in [0.25, 0.3) is 0 Å². The maximum atomic E-state index is 12.5. The summed E-state index contributed by atoms with van der Waals surface area (Å²) < 4.78 is 0. The Labute approximate surface area is 167 Å². The number of amides is 2. The van der Waals surface area contributed by atoms with Gasteiger partial charge in [0.25, 0.3) is 0 Å². The number of piperidine rings is 1. The number of carbonyl (C=O) groups excluding carboxylic acids is 2. The first kappa shape index (κ1) is 21.7. The van der Waals surface area contributed by atoms with Gasteiger partial charge in [-0.3, -0.25) is 14.6 Å². The lowest BCUT2D eigenvalue weighted by molar-refractivity contribution is -0.128. The third-order valence-electron chi connectivity index (χ3n) is 4.86. The summed E-state index contributed by atoms with van der Waals surface area (Å²) in [6, 6.07) is 5.78. The number of primary amides is 1. The van der Waals surface area contributed by atoms with Gasteiger partial charge in [0.15, 0.2) is 5.96 Å². The molecule has 1 atom stereocenters. The van der Waals surface area contributed by atoms with Gasteiger partial charge < -0.3 is 20.9 Å². The summed E-state index contributed by atoms with van der Waals surface area (Å²) in [5, 5.41) is 3.26. The largest absolute Gasteiger partial charge is 0.370 e. The zero-order valence-corrected chi connectivity index (χ0v) is 16.9. The first-order chi connectivity index (χ1) is 13.5. The summed E-state index contributed by atoms with van der Waals surface area (Å²) in [6.07, 6.45) is 4.85. The summed E-state index contributed by atoms with van der Waals surface area (Å²) in [5.41, 5.74) is 6.31. The number of aromatic nitrogens is 1. The molecule has 1 aromatic rings. The molecule has 1 aromatic heterocycles. The lowest BCUT2D eigenvalue weighted by atomic mass is 9.95. The number of nitrogens with one attached hydrogen (secondary N) is 1. The Bertz CT molecular complexity index is 664. The van der Waals surface area contributed by atoms with E-state index in [1.807, 2.05) is 25.1 Å². The van der Waals surface area contributed by atoms with Crippen molar-refractivity contribution in [1.29, 1.82) is 0 Å². The molecule has 2 amide bonds. The number of carbonyl (C=O) groups is 2. The summed E-state index contributed by atoms with van der Waals surface area (Å²) in [4.78, 5) is 36.3. The van der Waals surface area contributed by atoms with Crippen LogP contribution in [0.3, 0.4) is 0 Å². The molecule has 0 bridgehead atoms. The Morgan fingerprint density at radius 3 is 2.93 bits per heavy atom. The maximum absolute atomic E-state index is 12.5. The lowest BCUT2D eigenvalue weighted by Gasteiger charge is -2.34. The fourth-order valence-corrected chi connectivity index (χ4v) is 3.35. The van der Waals surface area contributed by atoms with Crippen molar-refractivity contribution >= 4 is 17.8 Å². The van der Waals surface area contributed by atoms with Crippen molar-refractivity contribution in [3.63, 3.8) is 0 Å². The van der Waals surface area contributed by atoms with Crippen LogP contribution in [0.5, 0.6) is 0 Å². The maximum Gasteiger partial charge on any atom is 0.244 e. The van der Waals surface area contributed by atoms with E-state index in [0.29, 0.717) is 19.4 Å². The zero-order chi connectivity index (χ0) is 20.4. The van der Waals surface area contributed by atoms with Crippen LogP contribution in [0.15, 0.2) is 29.4 Å². The van der Waals surface area contributed by atoms with Gasteiger partial charge in [0.05, 0.1) is 0 Å². The number of rotatable bonds is 8. The number of hydrogen-bond donors (Lipinski definition) is 2. The number of likely N-dealkylation sites (tertiary alicyclic amines) is 1. The van der Waals surface area contributed by atoms with E-state index in [9.17, 15) is 9.59 Å². The van der Waals surface area contributed by atoms with Crippen LogP contribution in [0.2, 0.25) is 0 Å². The summed E-state index contributed by atoms with van der Waals surface area (Å²) >= 11 is 0. The molecular weight excluding hydrogens is 356 g/mol.